The number of rotatable bonds is 3. The first-order valence-electron chi connectivity index (χ1n) is 8.70. The fourth-order valence-corrected chi connectivity index (χ4v) is 1.94. The second-order valence-electron chi connectivity index (χ2n) is 7.94. The lowest BCUT2D eigenvalue weighted by atomic mass is 10.1. The summed E-state index contributed by atoms with van der Waals surface area (Å²) < 4.78 is 10.4. The van der Waals surface area contributed by atoms with Gasteiger partial charge in [-0.25, -0.2) is 14.6 Å². The lowest BCUT2D eigenvalue weighted by molar-refractivity contribution is 0.0545. The van der Waals surface area contributed by atoms with Crippen molar-refractivity contribution in [2.24, 2.45) is 10.7 Å². The lowest BCUT2D eigenvalue weighted by Crippen LogP contribution is -2.47. The van der Waals surface area contributed by atoms with Crippen LogP contribution in [0.3, 0.4) is 0 Å². The van der Waals surface area contributed by atoms with Crippen LogP contribution >= 0.6 is 0 Å². The number of amides is 2. The molecule has 0 aliphatic carbocycles. The van der Waals surface area contributed by atoms with E-state index in [9.17, 15) is 9.59 Å². The van der Waals surface area contributed by atoms with Crippen molar-refractivity contribution in [3.05, 3.63) is 35.4 Å². The average Bonchev–Trinajstić information content (AvgIpc) is 2.49. The number of carbonyl (C=O) groups excluding carboxylic acids is 2. The third kappa shape index (κ3) is 10.2. The van der Waals surface area contributed by atoms with E-state index in [2.05, 4.69) is 15.6 Å². The zero-order chi connectivity index (χ0) is 20.7. The SMILES string of the molecule is CC(C)(C)OC(=O)NC(=NCc1cccc(CN)c1)NC(=O)OC(C)(C)C. The molecule has 0 radical (unpaired) electrons. The Kier molecular flexibility index (Phi) is 7.78. The summed E-state index contributed by atoms with van der Waals surface area (Å²) in [5.41, 5.74) is 6.12. The fraction of sp³-hybridized carbons (Fsp3) is 0.526. The van der Waals surface area contributed by atoms with Crippen molar-refractivity contribution in [2.75, 3.05) is 0 Å². The maximum Gasteiger partial charge on any atom is 0.414 e. The van der Waals surface area contributed by atoms with E-state index in [0.717, 1.165) is 11.1 Å². The highest BCUT2D eigenvalue weighted by Crippen LogP contribution is 2.09. The third-order valence-corrected chi connectivity index (χ3v) is 2.89. The van der Waals surface area contributed by atoms with Gasteiger partial charge in [0, 0.05) is 6.54 Å². The number of guanidine groups is 1. The highest BCUT2D eigenvalue weighted by Gasteiger charge is 2.21. The Morgan fingerprint density at radius 2 is 1.44 bits per heavy atom. The van der Waals surface area contributed by atoms with E-state index >= 15 is 0 Å². The van der Waals surface area contributed by atoms with Gasteiger partial charge in [0.05, 0.1) is 6.54 Å². The molecule has 0 fully saturated rings. The molecule has 0 saturated heterocycles. The molecule has 0 heterocycles. The van der Waals surface area contributed by atoms with Gasteiger partial charge in [0.1, 0.15) is 11.2 Å². The van der Waals surface area contributed by atoms with Crippen LogP contribution in [0.5, 0.6) is 0 Å². The van der Waals surface area contributed by atoms with Gasteiger partial charge in [-0.05, 0) is 52.7 Å². The molecule has 150 valence electrons. The average molecular weight is 378 g/mol. The zero-order valence-corrected chi connectivity index (χ0v) is 16.9. The molecular formula is C19H30N4O4. The molecule has 2 amide bonds. The minimum atomic E-state index is -0.729. The number of aliphatic imine (C=N–C) groups is 1. The molecule has 8 nitrogen and oxygen atoms in total. The van der Waals surface area contributed by atoms with Crippen molar-refractivity contribution in [3.63, 3.8) is 0 Å². The highest BCUT2D eigenvalue weighted by atomic mass is 16.6. The minimum Gasteiger partial charge on any atom is -0.444 e. The van der Waals surface area contributed by atoms with Gasteiger partial charge in [-0.1, -0.05) is 24.3 Å². The van der Waals surface area contributed by atoms with Gasteiger partial charge in [-0.15, -0.1) is 0 Å². The summed E-state index contributed by atoms with van der Waals surface area (Å²) in [4.78, 5) is 28.3. The van der Waals surface area contributed by atoms with Gasteiger partial charge >= 0.3 is 12.2 Å². The Morgan fingerprint density at radius 3 is 1.89 bits per heavy atom. The van der Waals surface area contributed by atoms with Crippen LogP contribution in [0.4, 0.5) is 9.59 Å². The van der Waals surface area contributed by atoms with E-state index in [-0.39, 0.29) is 12.5 Å². The molecule has 0 unspecified atom stereocenters. The molecule has 1 aromatic carbocycles. The Morgan fingerprint density at radius 1 is 0.963 bits per heavy atom. The zero-order valence-electron chi connectivity index (χ0n) is 16.9. The van der Waals surface area contributed by atoms with E-state index < -0.39 is 23.4 Å². The van der Waals surface area contributed by atoms with Gasteiger partial charge in [0.15, 0.2) is 0 Å². The quantitative estimate of drug-likeness (QED) is 0.552. The number of alkyl carbamates (subject to hydrolysis) is 2. The van der Waals surface area contributed by atoms with Crippen LogP contribution in [-0.4, -0.2) is 29.3 Å². The molecule has 0 spiro atoms. The van der Waals surface area contributed by atoms with E-state index in [1.54, 1.807) is 41.5 Å². The van der Waals surface area contributed by atoms with E-state index in [4.69, 9.17) is 15.2 Å². The molecule has 8 heteroatoms. The Bertz CT molecular complexity index is 656. The standard InChI is InChI=1S/C19H30N4O4/c1-18(2,3)26-16(24)22-15(23-17(25)27-19(4,5)6)21-12-14-9-7-8-13(10-14)11-20/h7-10H,11-12,20H2,1-6H3,(H2,21,22,23,24,25). The number of ether oxygens (including phenoxy) is 2. The molecule has 1 rings (SSSR count). The summed E-state index contributed by atoms with van der Waals surface area (Å²) in [7, 11) is 0. The predicted octanol–water partition coefficient (Wildman–Crippen LogP) is 3.05. The summed E-state index contributed by atoms with van der Waals surface area (Å²) in [5, 5.41) is 4.88. The number of carbonyl (C=O) groups is 2. The van der Waals surface area contributed by atoms with Crippen molar-refractivity contribution >= 4 is 18.1 Å². The van der Waals surface area contributed by atoms with Crippen molar-refractivity contribution < 1.29 is 19.1 Å². The number of hydrogen-bond acceptors (Lipinski definition) is 6. The maximum absolute atomic E-state index is 12.0. The topological polar surface area (TPSA) is 115 Å². The van der Waals surface area contributed by atoms with Gasteiger partial charge in [-0.2, -0.15) is 0 Å². The van der Waals surface area contributed by atoms with Crippen LogP contribution < -0.4 is 16.4 Å². The van der Waals surface area contributed by atoms with E-state index in [1.165, 1.54) is 0 Å². The second-order valence-corrected chi connectivity index (χ2v) is 7.94. The van der Waals surface area contributed by atoms with E-state index in [1.807, 2.05) is 24.3 Å². The van der Waals surface area contributed by atoms with Crippen LogP contribution in [0.25, 0.3) is 0 Å². The maximum atomic E-state index is 12.0. The smallest absolute Gasteiger partial charge is 0.414 e. The summed E-state index contributed by atoms with van der Waals surface area (Å²) >= 11 is 0. The van der Waals surface area contributed by atoms with Gasteiger partial charge in [0.25, 0.3) is 0 Å². The molecule has 4 N–H and O–H groups in total. The Labute approximate surface area is 160 Å². The summed E-state index contributed by atoms with van der Waals surface area (Å²) in [5.74, 6) is -0.0587. The molecular weight excluding hydrogens is 348 g/mol. The summed E-state index contributed by atoms with van der Waals surface area (Å²) in [6.07, 6.45) is -1.46. The predicted molar refractivity (Wildman–Crippen MR) is 104 cm³/mol. The molecule has 0 bridgehead atoms. The van der Waals surface area contributed by atoms with Crippen molar-refractivity contribution in [1.82, 2.24) is 10.6 Å². The van der Waals surface area contributed by atoms with Crippen molar-refractivity contribution in [3.8, 4) is 0 Å². The largest absolute Gasteiger partial charge is 0.444 e. The van der Waals surface area contributed by atoms with Crippen molar-refractivity contribution in [2.45, 2.75) is 65.8 Å². The molecule has 0 atom stereocenters. The summed E-state index contributed by atoms with van der Waals surface area (Å²) in [6.45, 7) is 11.1. The molecule has 27 heavy (non-hydrogen) atoms. The van der Waals surface area contributed by atoms with Crippen LogP contribution in [0.2, 0.25) is 0 Å². The first-order chi connectivity index (χ1) is 12.4. The second kappa shape index (κ2) is 9.36. The highest BCUT2D eigenvalue weighted by molar-refractivity contribution is 6.01. The lowest BCUT2D eigenvalue weighted by Gasteiger charge is -2.22. The monoisotopic (exact) mass is 378 g/mol. The van der Waals surface area contributed by atoms with Crippen LogP contribution in [0.15, 0.2) is 29.3 Å². The van der Waals surface area contributed by atoms with Crippen molar-refractivity contribution in [1.29, 1.82) is 0 Å². The Balaban J connectivity index is 2.90. The van der Waals surface area contributed by atoms with Gasteiger partial charge < -0.3 is 15.2 Å². The van der Waals surface area contributed by atoms with Gasteiger partial charge in [0.2, 0.25) is 5.96 Å². The molecule has 0 aliphatic heterocycles. The summed E-state index contributed by atoms with van der Waals surface area (Å²) in [6, 6.07) is 7.56. The number of nitrogens with two attached hydrogens (primary N) is 1. The van der Waals surface area contributed by atoms with Gasteiger partial charge in [-0.3, -0.25) is 10.6 Å². The Hall–Kier alpha value is -2.61. The fourth-order valence-electron chi connectivity index (χ4n) is 1.94. The molecule has 0 aliphatic rings. The number of hydrogen-bond donors (Lipinski definition) is 3. The van der Waals surface area contributed by atoms with Crippen LogP contribution in [0.1, 0.15) is 52.7 Å². The normalized spacial score (nSPS) is 11.4. The molecule has 1 aromatic rings. The molecule has 0 aromatic heterocycles. The number of benzene rings is 1. The minimum absolute atomic E-state index is 0.0587. The molecule has 0 saturated carbocycles. The first kappa shape index (κ1) is 22.4. The number of nitrogens with one attached hydrogen (secondary N) is 2. The van der Waals surface area contributed by atoms with Crippen LogP contribution in [0, 0.1) is 0 Å². The third-order valence-electron chi connectivity index (χ3n) is 2.89. The first-order valence-corrected chi connectivity index (χ1v) is 8.70. The number of nitrogens with zero attached hydrogens (tertiary/aromatic N) is 1. The van der Waals surface area contributed by atoms with Crippen LogP contribution in [-0.2, 0) is 22.6 Å². The van der Waals surface area contributed by atoms with E-state index in [0.29, 0.717) is 6.54 Å².